The number of rotatable bonds is 4. The highest BCUT2D eigenvalue weighted by atomic mass is 32.1. The lowest BCUT2D eigenvalue weighted by Gasteiger charge is -2.16. The van der Waals surface area contributed by atoms with Crippen molar-refractivity contribution >= 4 is 36.9 Å². The van der Waals surface area contributed by atoms with Crippen LogP contribution in [0, 0.1) is 4.64 Å². The van der Waals surface area contributed by atoms with Crippen LogP contribution < -0.4 is 5.73 Å². The maximum atomic E-state index is 11.2. The molecule has 10 nitrogen and oxygen atoms in total. The van der Waals surface area contributed by atoms with Crippen molar-refractivity contribution in [3.63, 3.8) is 0 Å². The van der Waals surface area contributed by atoms with Crippen molar-refractivity contribution in [2.24, 2.45) is 0 Å². The molecular formula is C11H16N5O5PS. The van der Waals surface area contributed by atoms with Crippen LogP contribution >= 0.6 is 19.8 Å². The molecule has 12 heteroatoms. The van der Waals surface area contributed by atoms with Gasteiger partial charge in [-0.05, 0) is 0 Å². The van der Waals surface area contributed by atoms with Crippen LogP contribution in [0.1, 0.15) is 12.6 Å². The van der Waals surface area contributed by atoms with Crippen molar-refractivity contribution < 1.29 is 23.8 Å². The molecular weight excluding hydrogens is 345 g/mol. The highest BCUT2D eigenvalue weighted by molar-refractivity contribution is 7.71. The van der Waals surface area contributed by atoms with Crippen LogP contribution in [-0.4, -0.2) is 55.0 Å². The molecule has 0 spiro atoms. The Morgan fingerprint density at radius 2 is 2.43 bits per heavy atom. The molecule has 0 radical (unpaired) electrons. The number of anilines is 1. The number of aliphatic hydroxyl groups is 1. The first kappa shape index (κ1) is 16.5. The highest BCUT2D eigenvalue weighted by Gasteiger charge is 2.36. The number of aliphatic hydroxyl groups excluding tert-OH is 1. The normalized spacial score (nSPS) is 27.3. The Morgan fingerprint density at radius 1 is 1.70 bits per heavy atom. The molecule has 2 aromatic heterocycles. The number of nitrogens with one attached hydrogen (secondary N) is 1. The lowest BCUT2D eigenvalue weighted by Crippen LogP contribution is -2.25. The van der Waals surface area contributed by atoms with Crippen molar-refractivity contribution in [3.8, 4) is 0 Å². The number of ether oxygens (including phenoxy) is 1. The molecule has 23 heavy (non-hydrogen) atoms. The van der Waals surface area contributed by atoms with Crippen LogP contribution in [0.4, 0.5) is 5.95 Å². The summed E-state index contributed by atoms with van der Waals surface area (Å²) in [4.78, 5) is 20.2. The van der Waals surface area contributed by atoms with E-state index in [4.69, 9.17) is 32.1 Å². The number of nitrogens with two attached hydrogens (primary N) is 1. The second kappa shape index (κ2) is 5.93. The average molecular weight is 361 g/mol. The molecule has 0 bridgehead atoms. The number of aromatic amines is 1. The number of nitrogen functional groups attached to an aromatic ring is 1. The maximum absolute atomic E-state index is 11.2. The molecule has 3 rings (SSSR count). The number of hydrogen-bond acceptors (Lipinski definition) is 8. The summed E-state index contributed by atoms with van der Waals surface area (Å²) in [6.45, 7) is 0.883. The largest absolute Gasteiger partial charge is 0.390 e. The summed E-state index contributed by atoms with van der Waals surface area (Å²) in [5.41, 5.74) is 6.57. The predicted molar refractivity (Wildman–Crippen MR) is 83.4 cm³/mol. The Kier molecular flexibility index (Phi) is 4.25. The molecule has 4 atom stereocenters. The Morgan fingerprint density at radius 3 is 3.13 bits per heavy atom. The molecule has 2 aromatic rings. The van der Waals surface area contributed by atoms with Gasteiger partial charge in [0, 0.05) is 13.1 Å². The first-order valence-corrected chi connectivity index (χ1v) is 9.18. The molecule has 1 aliphatic rings. The van der Waals surface area contributed by atoms with Gasteiger partial charge in [-0.3, -0.25) is 9.13 Å². The lowest BCUT2D eigenvalue weighted by atomic mass is 10.2. The van der Waals surface area contributed by atoms with Crippen molar-refractivity contribution in [3.05, 3.63) is 11.0 Å². The minimum absolute atomic E-state index is 0.148. The molecule has 0 aliphatic carbocycles. The summed E-state index contributed by atoms with van der Waals surface area (Å²) in [6.07, 6.45) is -0.375. The van der Waals surface area contributed by atoms with Crippen LogP contribution in [0.25, 0.3) is 11.2 Å². The fraction of sp³-hybridized carbons (Fsp3) is 0.545. The molecule has 5 N–H and O–H groups in total. The predicted octanol–water partition coefficient (Wildman–Crippen LogP) is 0.551. The fourth-order valence-corrected chi connectivity index (χ4v) is 3.07. The summed E-state index contributed by atoms with van der Waals surface area (Å²) in [5.74, 6) is 0.148. The van der Waals surface area contributed by atoms with E-state index in [9.17, 15) is 9.67 Å². The van der Waals surface area contributed by atoms with Gasteiger partial charge in [-0.2, -0.15) is 4.98 Å². The number of hydrogen-bond donors (Lipinski definition) is 4. The smallest absolute Gasteiger partial charge is 0.325 e. The van der Waals surface area contributed by atoms with Gasteiger partial charge in [0.1, 0.15) is 22.5 Å². The van der Waals surface area contributed by atoms with Gasteiger partial charge in [0.15, 0.2) is 5.65 Å². The van der Waals surface area contributed by atoms with Crippen molar-refractivity contribution in [1.29, 1.82) is 0 Å². The van der Waals surface area contributed by atoms with E-state index >= 15 is 0 Å². The van der Waals surface area contributed by atoms with Gasteiger partial charge in [-0.1, -0.05) is 12.2 Å². The number of fused-ring (bicyclic) bond motifs is 1. The first-order valence-electron chi connectivity index (χ1n) is 6.75. The molecule has 126 valence electrons. The van der Waals surface area contributed by atoms with E-state index in [1.54, 1.807) is 4.57 Å². The van der Waals surface area contributed by atoms with E-state index in [0.717, 1.165) is 6.66 Å². The molecule has 1 saturated heterocycles. The van der Waals surface area contributed by atoms with Gasteiger partial charge < -0.3 is 30.0 Å². The standard InChI is InChI=1S/C11H16N5O5PS/c1-22(18,19)20-3-6-5(17)2-7(21-6)16-4-13-8-9(16)14-11(12)15-10(8)23/h4-7,17H,2-3H2,1H3,(H,18,19)(H3,12,14,15,23)/t5-,6?,7-/m1/s1. The maximum Gasteiger partial charge on any atom is 0.325 e. The Bertz CT molecular complexity index is 832. The topological polar surface area (TPSA) is 149 Å². The van der Waals surface area contributed by atoms with Gasteiger partial charge >= 0.3 is 7.60 Å². The third-order valence-corrected chi connectivity index (χ3v) is 4.37. The van der Waals surface area contributed by atoms with Crippen LogP contribution in [-0.2, 0) is 13.8 Å². The van der Waals surface area contributed by atoms with E-state index in [1.807, 2.05) is 0 Å². The third kappa shape index (κ3) is 3.44. The minimum atomic E-state index is -3.63. The van der Waals surface area contributed by atoms with Crippen LogP contribution in [0.15, 0.2) is 6.33 Å². The van der Waals surface area contributed by atoms with Crippen LogP contribution in [0.3, 0.4) is 0 Å². The van der Waals surface area contributed by atoms with E-state index in [1.165, 1.54) is 6.33 Å². The second-order valence-electron chi connectivity index (χ2n) is 5.31. The number of nitrogens with zero attached hydrogens (tertiary/aromatic N) is 3. The van der Waals surface area contributed by atoms with Crippen molar-refractivity contribution in [2.75, 3.05) is 19.0 Å². The SMILES string of the molecule is CP(=O)(O)OCC1O[C@@H](n2cnc3c(=S)[nH]c(N)nc32)C[C@H]1O. The van der Waals surface area contributed by atoms with Crippen LogP contribution in [0.5, 0.6) is 0 Å². The van der Waals surface area contributed by atoms with Crippen molar-refractivity contribution in [1.82, 2.24) is 19.5 Å². The van der Waals surface area contributed by atoms with E-state index in [2.05, 4.69) is 15.0 Å². The number of aromatic nitrogens is 4. The molecule has 3 heterocycles. The summed E-state index contributed by atoms with van der Waals surface area (Å²) >= 11 is 5.14. The molecule has 0 saturated carbocycles. The van der Waals surface area contributed by atoms with Gasteiger partial charge in [0.05, 0.1) is 19.0 Å². The fourth-order valence-electron chi connectivity index (χ4n) is 2.40. The lowest BCUT2D eigenvalue weighted by molar-refractivity contribution is -0.0394. The monoisotopic (exact) mass is 361 g/mol. The summed E-state index contributed by atoms with van der Waals surface area (Å²) in [5, 5.41) is 10.1. The third-order valence-electron chi connectivity index (χ3n) is 3.44. The molecule has 0 amide bonds. The molecule has 1 fully saturated rings. The molecule has 2 unspecified atom stereocenters. The summed E-state index contributed by atoms with van der Waals surface area (Å²) in [6, 6.07) is 0. The minimum Gasteiger partial charge on any atom is -0.390 e. The Balaban J connectivity index is 1.84. The quantitative estimate of drug-likeness (QED) is 0.452. The zero-order chi connectivity index (χ0) is 16.8. The number of H-pyrrole nitrogens is 1. The van der Waals surface area contributed by atoms with E-state index in [0.29, 0.717) is 15.8 Å². The van der Waals surface area contributed by atoms with Crippen LogP contribution in [0.2, 0.25) is 0 Å². The van der Waals surface area contributed by atoms with Gasteiger partial charge in [0.2, 0.25) is 5.95 Å². The molecule has 1 aliphatic heterocycles. The van der Waals surface area contributed by atoms with E-state index < -0.39 is 26.0 Å². The van der Waals surface area contributed by atoms with Gasteiger partial charge in [0.25, 0.3) is 0 Å². The zero-order valence-corrected chi connectivity index (χ0v) is 13.8. The zero-order valence-electron chi connectivity index (χ0n) is 12.1. The summed E-state index contributed by atoms with van der Waals surface area (Å²) in [7, 11) is -3.63. The average Bonchev–Trinajstić information content (AvgIpc) is 2.99. The Labute approximate surface area is 135 Å². The van der Waals surface area contributed by atoms with Crippen molar-refractivity contribution in [2.45, 2.75) is 24.9 Å². The van der Waals surface area contributed by atoms with Gasteiger partial charge in [-0.25, -0.2) is 4.98 Å². The number of imidazole rings is 1. The second-order valence-corrected chi connectivity index (χ2v) is 7.58. The molecule has 0 aromatic carbocycles. The van der Waals surface area contributed by atoms with E-state index in [-0.39, 0.29) is 19.0 Å². The first-order chi connectivity index (χ1) is 10.7. The summed E-state index contributed by atoms with van der Waals surface area (Å²) < 4.78 is 23.7. The Hall–Kier alpha value is -1.36. The highest BCUT2D eigenvalue weighted by Crippen LogP contribution is 2.39. The van der Waals surface area contributed by atoms with Gasteiger partial charge in [-0.15, -0.1) is 0 Å².